The molecule has 2 aromatic heterocycles. The van der Waals surface area contributed by atoms with Gasteiger partial charge in [0.05, 0.1) is 39.1 Å². The van der Waals surface area contributed by atoms with Gasteiger partial charge in [0.15, 0.2) is 23.0 Å². The lowest BCUT2D eigenvalue weighted by atomic mass is 9.78. The highest BCUT2D eigenvalue weighted by atomic mass is 79.9. The summed E-state index contributed by atoms with van der Waals surface area (Å²) in [6, 6.07) is 23.7. The molecule has 0 atom stereocenters. The van der Waals surface area contributed by atoms with E-state index in [0.717, 1.165) is 19.3 Å². The number of amides is 6. The first-order valence-corrected chi connectivity index (χ1v) is 25.2. The number of carbonyl (C=O) groups is 6. The van der Waals surface area contributed by atoms with Gasteiger partial charge >= 0.3 is 7.12 Å². The van der Waals surface area contributed by atoms with Gasteiger partial charge < -0.3 is 42.9 Å². The zero-order valence-electron chi connectivity index (χ0n) is 40.2. The molecular weight excluding hydrogens is 1070 g/mol. The monoisotopic (exact) mass is 1110 g/mol. The smallest absolute Gasteiger partial charge is 0.399 e. The maximum atomic E-state index is 12.7. The zero-order valence-corrected chi connectivity index (χ0v) is 43.4. The van der Waals surface area contributed by atoms with Crippen LogP contribution in [0.25, 0.3) is 11.3 Å². The molecule has 4 aromatic carbocycles. The molecule has 12 N–H and O–H groups in total. The number of primary amides is 2. The minimum Gasteiger partial charge on any atom is -0.399 e. The van der Waals surface area contributed by atoms with Crippen LogP contribution in [0.15, 0.2) is 124 Å². The predicted octanol–water partition coefficient (Wildman–Crippen LogP) is 2.88. The Bertz CT molecular complexity index is 3370. The molecule has 6 aromatic rings. The van der Waals surface area contributed by atoms with Crippen molar-refractivity contribution in [1.29, 1.82) is 0 Å². The molecule has 6 amide bonds. The van der Waals surface area contributed by atoms with E-state index in [9.17, 15) is 45.6 Å². The standard InChI is InChI=1S/C20H18N6O5S.C13H18BNO3.C13H12BrN5O4S/c1-11(27)26-32(30,31)15-7-5-14(6-8-15)24-20(29)17-18(21)23-10-16(25-17)12-3-2-4-13(9-12)19(22)28;1-12(2)13(3,4)18-14(17-12)10-7-5-6-9(8-10)11(15)16;1-7(20)19-24(22,23)9-4-2-8(3-5-9)17-13(21)11-12(15)16-6-10(14)18-11/h2-10H,1H3,(H2,21,23)(H2,22,28)(H,24,29)(H,26,27);5-8H,1-4H3,(H2,15,16);2-6H,1H3,(H2,15,16)(H,17,21)(H,19,20). The molecule has 7 rings (SSSR count). The highest BCUT2D eigenvalue weighted by molar-refractivity contribution is 9.10. The van der Waals surface area contributed by atoms with Crippen LogP contribution < -0.4 is 48.5 Å². The largest absolute Gasteiger partial charge is 0.494 e. The number of hydrogen-bond donors (Lipinski definition) is 8. The highest BCUT2D eigenvalue weighted by Gasteiger charge is 2.51. The summed E-state index contributed by atoms with van der Waals surface area (Å²) >= 11 is 3.09. The van der Waals surface area contributed by atoms with Crippen LogP contribution in [-0.4, -0.2) is 90.5 Å². The number of halogens is 1. The minimum absolute atomic E-state index is 0.0412. The molecular formula is C46H48BBrN12O12S2. The average Bonchev–Trinajstić information content (AvgIpc) is 3.55. The molecule has 0 spiro atoms. The second-order valence-corrected chi connectivity index (χ2v) is 20.9. The Kier molecular flexibility index (Phi) is 17.7. The van der Waals surface area contributed by atoms with E-state index < -0.39 is 62.6 Å². The van der Waals surface area contributed by atoms with Gasteiger partial charge in [-0.2, -0.15) is 0 Å². The maximum absolute atomic E-state index is 12.7. The van der Waals surface area contributed by atoms with Gasteiger partial charge in [0.1, 0.15) is 4.60 Å². The first kappa shape index (κ1) is 56.7. The Hall–Kier alpha value is -8.18. The quantitative estimate of drug-likeness (QED) is 0.0817. The van der Waals surface area contributed by atoms with Crippen molar-refractivity contribution in [1.82, 2.24) is 29.4 Å². The second-order valence-electron chi connectivity index (χ2n) is 16.7. The lowest BCUT2D eigenvalue weighted by molar-refractivity contribution is -0.118. The molecule has 28 heteroatoms. The van der Waals surface area contributed by atoms with E-state index in [2.05, 4.69) is 46.5 Å². The van der Waals surface area contributed by atoms with Crippen LogP contribution in [0.2, 0.25) is 0 Å². The van der Waals surface area contributed by atoms with Gasteiger partial charge in [-0.15, -0.1) is 0 Å². The molecule has 74 heavy (non-hydrogen) atoms. The lowest BCUT2D eigenvalue weighted by Gasteiger charge is -2.32. The van der Waals surface area contributed by atoms with Crippen molar-refractivity contribution in [2.24, 2.45) is 11.5 Å². The van der Waals surface area contributed by atoms with Gasteiger partial charge in [0.25, 0.3) is 31.9 Å². The number of anilines is 4. The number of nitrogens with one attached hydrogen (secondary N) is 4. The Morgan fingerprint density at radius 3 is 1.46 bits per heavy atom. The predicted molar refractivity (Wildman–Crippen MR) is 276 cm³/mol. The van der Waals surface area contributed by atoms with Crippen molar-refractivity contribution in [3.63, 3.8) is 0 Å². The molecule has 0 saturated carbocycles. The lowest BCUT2D eigenvalue weighted by Crippen LogP contribution is -2.41. The average molecular weight is 1120 g/mol. The van der Waals surface area contributed by atoms with Crippen molar-refractivity contribution in [3.05, 3.63) is 137 Å². The molecule has 0 unspecified atom stereocenters. The van der Waals surface area contributed by atoms with Crippen LogP contribution in [0.4, 0.5) is 23.0 Å². The van der Waals surface area contributed by atoms with Gasteiger partial charge in [-0.25, -0.2) is 46.2 Å². The minimum atomic E-state index is -4.00. The summed E-state index contributed by atoms with van der Waals surface area (Å²) in [6.07, 6.45) is 2.71. The van der Waals surface area contributed by atoms with Crippen molar-refractivity contribution >= 4 is 107 Å². The number of nitrogens with zero attached hydrogens (tertiary/aromatic N) is 4. The third kappa shape index (κ3) is 14.7. The van der Waals surface area contributed by atoms with Crippen LogP contribution in [0.5, 0.6) is 0 Å². The second kappa shape index (κ2) is 23.1. The number of hydrogen-bond acceptors (Lipinski definition) is 18. The third-order valence-electron chi connectivity index (χ3n) is 10.5. The van der Waals surface area contributed by atoms with E-state index in [1.54, 1.807) is 36.4 Å². The molecule has 1 saturated heterocycles. The fourth-order valence-electron chi connectivity index (χ4n) is 6.21. The van der Waals surface area contributed by atoms with Crippen molar-refractivity contribution in [3.8, 4) is 11.3 Å². The summed E-state index contributed by atoms with van der Waals surface area (Å²) in [5.74, 6) is -3.93. The van der Waals surface area contributed by atoms with Crippen molar-refractivity contribution < 1.29 is 54.9 Å². The van der Waals surface area contributed by atoms with E-state index in [-0.39, 0.29) is 55.3 Å². The van der Waals surface area contributed by atoms with Gasteiger partial charge in [-0.1, -0.05) is 24.3 Å². The molecule has 0 bridgehead atoms. The number of nitrogens with two attached hydrogens (primary N) is 4. The Morgan fingerprint density at radius 1 is 0.595 bits per heavy atom. The van der Waals surface area contributed by atoms with Gasteiger partial charge in [-0.05, 0) is 122 Å². The molecule has 0 aliphatic carbocycles. The van der Waals surface area contributed by atoms with Crippen LogP contribution in [0, 0.1) is 0 Å². The summed E-state index contributed by atoms with van der Waals surface area (Å²) in [6.45, 7) is 10.1. The molecule has 3 heterocycles. The molecule has 1 aliphatic rings. The molecule has 24 nitrogen and oxygen atoms in total. The summed E-state index contributed by atoms with van der Waals surface area (Å²) in [7, 11) is -8.39. The van der Waals surface area contributed by atoms with E-state index >= 15 is 0 Å². The van der Waals surface area contributed by atoms with Gasteiger partial charge in [-0.3, -0.25) is 28.8 Å². The Balaban J connectivity index is 0.000000214. The Labute approximate surface area is 433 Å². The van der Waals surface area contributed by atoms with Crippen molar-refractivity contribution in [2.75, 3.05) is 22.1 Å². The van der Waals surface area contributed by atoms with Gasteiger partial charge in [0.2, 0.25) is 23.6 Å². The fourth-order valence-corrected chi connectivity index (χ4v) is 8.47. The number of rotatable bonds is 12. The highest BCUT2D eigenvalue weighted by Crippen LogP contribution is 2.36. The van der Waals surface area contributed by atoms with Crippen molar-refractivity contribution in [2.45, 2.75) is 62.5 Å². The van der Waals surface area contributed by atoms with E-state index in [4.69, 9.17) is 32.2 Å². The number of sulfonamides is 2. The topological polar surface area (TPSA) is 393 Å². The van der Waals surface area contributed by atoms with Crippen LogP contribution in [-0.2, 0) is 38.9 Å². The molecule has 386 valence electrons. The summed E-state index contributed by atoms with van der Waals surface area (Å²) in [5.41, 5.74) is 23.9. The third-order valence-corrected chi connectivity index (χ3v) is 13.8. The summed E-state index contributed by atoms with van der Waals surface area (Å²) in [5, 5.41) is 5.07. The molecule has 1 aliphatic heterocycles. The molecule has 0 radical (unpaired) electrons. The first-order valence-electron chi connectivity index (χ1n) is 21.4. The number of aromatic nitrogens is 4. The number of carbonyl (C=O) groups excluding carboxylic acids is 6. The number of benzene rings is 4. The molecule has 1 fully saturated rings. The summed E-state index contributed by atoms with van der Waals surface area (Å²) in [4.78, 5) is 85.0. The van der Waals surface area contributed by atoms with E-state index in [1.807, 2.05) is 43.2 Å². The zero-order chi connectivity index (χ0) is 54.9. The fraction of sp³-hybridized carbons (Fsp3) is 0.174. The van der Waals surface area contributed by atoms with Crippen LogP contribution in [0.1, 0.15) is 83.2 Å². The summed E-state index contributed by atoms with van der Waals surface area (Å²) < 4.78 is 63.5. The first-order chi connectivity index (χ1) is 34.5. The van der Waals surface area contributed by atoms with E-state index in [0.29, 0.717) is 27.1 Å². The van der Waals surface area contributed by atoms with Crippen LogP contribution in [0.3, 0.4) is 0 Å². The maximum Gasteiger partial charge on any atom is 0.494 e. The van der Waals surface area contributed by atoms with Gasteiger partial charge in [0, 0.05) is 41.9 Å². The number of nitrogen functional groups attached to an aromatic ring is 2. The Morgan fingerprint density at radius 2 is 1.01 bits per heavy atom. The van der Waals surface area contributed by atoms with E-state index in [1.165, 1.54) is 67.0 Å². The normalized spacial score (nSPS) is 13.4. The van der Waals surface area contributed by atoms with Crippen LogP contribution >= 0.6 is 15.9 Å². The SMILES string of the molecule is CC(=O)NS(=O)(=O)c1ccc(NC(=O)c2nc(-c3cccc(C(N)=O)c3)cnc2N)cc1.CC(=O)NS(=O)(=O)c1ccc(NC(=O)c2nc(Br)cnc2N)cc1.CC1(C)OB(c2cccc(C(N)=O)c2)OC1(C)C.